The Morgan fingerprint density at radius 2 is 0.926 bits per heavy atom. The molecule has 0 amide bonds. The van der Waals surface area contributed by atoms with E-state index in [-0.39, 0.29) is 5.41 Å². The number of fused-ring (bicyclic) bond motifs is 9. The zero-order valence-corrected chi connectivity index (χ0v) is 30.3. The van der Waals surface area contributed by atoms with Crippen molar-refractivity contribution >= 4 is 70.9 Å². The first-order valence-electron chi connectivity index (χ1n) is 18.9. The maximum absolute atomic E-state index is 2.54. The molecule has 0 unspecified atom stereocenters. The molecule has 54 heavy (non-hydrogen) atoms. The summed E-state index contributed by atoms with van der Waals surface area (Å²) in [6, 6.07) is 70.0. The van der Waals surface area contributed by atoms with Gasteiger partial charge in [0, 0.05) is 22.1 Å². The van der Waals surface area contributed by atoms with Gasteiger partial charge in [0.05, 0.1) is 11.4 Å². The van der Waals surface area contributed by atoms with Crippen LogP contribution in [0.25, 0.3) is 76.1 Å². The second-order valence-corrected chi connectivity index (χ2v) is 15.3. The Bertz CT molecular complexity index is 3150. The van der Waals surface area contributed by atoms with Crippen LogP contribution >= 0.6 is 0 Å². The summed E-state index contributed by atoms with van der Waals surface area (Å²) < 4.78 is 0. The highest BCUT2D eigenvalue weighted by Gasteiger charge is 2.36. The number of hydrogen-bond acceptors (Lipinski definition) is 1. The number of benzene rings is 10. The van der Waals surface area contributed by atoms with Gasteiger partial charge >= 0.3 is 0 Å². The van der Waals surface area contributed by atoms with E-state index in [1.165, 1.54) is 92.9 Å². The minimum absolute atomic E-state index is 0.174. The van der Waals surface area contributed by atoms with Crippen LogP contribution in [0.5, 0.6) is 0 Å². The molecule has 0 heterocycles. The van der Waals surface area contributed by atoms with E-state index < -0.39 is 0 Å². The van der Waals surface area contributed by atoms with Gasteiger partial charge in [0.15, 0.2) is 0 Å². The third-order valence-corrected chi connectivity index (χ3v) is 12.0. The van der Waals surface area contributed by atoms with E-state index in [1.807, 2.05) is 0 Å². The lowest BCUT2D eigenvalue weighted by Gasteiger charge is -2.31. The van der Waals surface area contributed by atoms with Crippen LogP contribution in [0.4, 0.5) is 17.1 Å². The van der Waals surface area contributed by atoms with Crippen molar-refractivity contribution in [3.05, 3.63) is 199 Å². The molecule has 10 aromatic rings. The molecule has 1 heteroatoms. The Hall–Kier alpha value is -6.70. The summed E-state index contributed by atoms with van der Waals surface area (Å²) in [6.07, 6.45) is 0. The zero-order valence-electron chi connectivity index (χ0n) is 30.3. The standard InChI is InChI=1S/C53H37N/c1-53(2)48-31-38-17-6-5-16-37(38)30-47(48)45-27-26-41(33-49(45)53)54(51-32-39-18-8-9-19-42(39)44-21-11-12-22-46(44)51)50-28-25-35-14-7-10-20-43(35)52(50)40-24-23-34-13-3-4-15-36(34)29-40/h3-33H,1-2H3. The van der Waals surface area contributed by atoms with E-state index in [0.29, 0.717) is 0 Å². The molecule has 0 bridgehead atoms. The van der Waals surface area contributed by atoms with Crippen molar-refractivity contribution in [2.75, 3.05) is 4.90 Å². The van der Waals surface area contributed by atoms with Crippen molar-refractivity contribution in [3.8, 4) is 22.3 Å². The van der Waals surface area contributed by atoms with Gasteiger partial charge in [-0.1, -0.05) is 159 Å². The number of rotatable bonds is 4. The summed E-state index contributed by atoms with van der Waals surface area (Å²) >= 11 is 0. The second-order valence-electron chi connectivity index (χ2n) is 15.3. The Morgan fingerprint density at radius 3 is 1.70 bits per heavy atom. The predicted octanol–water partition coefficient (Wildman–Crippen LogP) is 14.9. The fourth-order valence-corrected chi connectivity index (χ4v) is 9.27. The van der Waals surface area contributed by atoms with Crippen molar-refractivity contribution in [3.63, 3.8) is 0 Å². The largest absolute Gasteiger partial charge is 0.309 e. The van der Waals surface area contributed by atoms with Crippen LogP contribution in [0.1, 0.15) is 25.0 Å². The maximum atomic E-state index is 2.54. The third kappa shape index (κ3) is 4.58. The minimum atomic E-state index is -0.174. The normalized spacial score (nSPS) is 13.1. The lowest BCUT2D eigenvalue weighted by Crippen LogP contribution is -2.17. The SMILES string of the molecule is CC1(C)c2cc(N(c3ccc4ccccc4c3-c3ccc4ccccc4c3)c3cc4ccccc4c4ccccc34)ccc2-c2cc3ccccc3cc21. The Balaban J connectivity index is 1.23. The lowest BCUT2D eigenvalue weighted by molar-refractivity contribution is 0.661. The summed E-state index contributed by atoms with van der Waals surface area (Å²) in [7, 11) is 0. The van der Waals surface area contributed by atoms with Gasteiger partial charge in [0.25, 0.3) is 0 Å². The van der Waals surface area contributed by atoms with Crippen molar-refractivity contribution in [1.82, 2.24) is 0 Å². The fourth-order valence-electron chi connectivity index (χ4n) is 9.27. The highest BCUT2D eigenvalue weighted by molar-refractivity contribution is 6.16. The average molecular weight is 688 g/mol. The van der Waals surface area contributed by atoms with E-state index in [0.717, 1.165) is 11.4 Å². The average Bonchev–Trinajstić information content (AvgIpc) is 3.44. The smallest absolute Gasteiger partial charge is 0.0546 e. The number of nitrogens with zero attached hydrogens (tertiary/aromatic N) is 1. The van der Waals surface area contributed by atoms with Crippen LogP contribution in [0.2, 0.25) is 0 Å². The third-order valence-electron chi connectivity index (χ3n) is 12.0. The van der Waals surface area contributed by atoms with Gasteiger partial charge in [-0.3, -0.25) is 0 Å². The molecule has 0 N–H and O–H groups in total. The second kappa shape index (κ2) is 11.7. The molecule has 1 aliphatic carbocycles. The fraction of sp³-hybridized carbons (Fsp3) is 0.0566. The van der Waals surface area contributed by atoms with E-state index in [1.54, 1.807) is 0 Å². The molecule has 0 radical (unpaired) electrons. The highest BCUT2D eigenvalue weighted by atomic mass is 15.1. The van der Waals surface area contributed by atoms with E-state index >= 15 is 0 Å². The van der Waals surface area contributed by atoms with Crippen LogP contribution < -0.4 is 4.90 Å². The predicted molar refractivity (Wildman–Crippen MR) is 232 cm³/mol. The van der Waals surface area contributed by atoms with E-state index in [9.17, 15) is 0 Å². The monoisotopic (exact) mass is 687 g/mol. The van der Waals surface area contributed by atoms with Gasteiger partial charge in [-0.2, -0.15) is 0 Å². The molecular formula is C53H37N. The van der Waals surface area contributed by atoms with E-state index in [4.69, 9.17) is 0 Å². The molecule has 0 aromatic heterocycles. The Labute approximate surface area is 315 Å². The molecular weight excluding hydrogens is 651 g/mol. The Kier molecular flexibility index (Phi) is 6.66. The molecule has 0 saturated carbocycles. The molecule has 254 valence electrons. The molecule has 0 fully saturated rings. The van der Waals surface area contributed by atoms with Crippen LogP contribution in [-0.2, 0) is 5.41 Å². The zero-order chi connectivity index (χ0) is 36.0. The maximum Gasteiger partial charge on any atom is 0.0546 e. The van der Waals surface area contributed by atoms with Crippen molar-refractivity contribution in [2.24, 2.45) is 0 Å². The van der Waals surface area contributed by atoms with Gasteiger partial charge in [0.1, 0.15) is 0 Å². The summed E-state index contributed by atoms with van der Waals surface area (Å²) in [4.78, 5) is 2.54. The van der Waals surface area contributed by atoms with Gasteiger partial charge in [-0.25, -0.2) is 0 Å². The van der Waals surface area contributed by atoms with Crippen LogP contribution in [0.15, 0.2) is 188 Å². The quantitative estimate of drug-likeness (QED) is 0.167. The topological polar surface area (TPSA) is 3.24 Å². The first kappa shape index (κ1) is 30.9. The van der Waals surface area contributed by atoms with Gasteiger partial charge < -0.3 is 4.90 Å². The molecule has 0 saturated heterocycles. The summed E-state index contributed by atoms with van der Waals surface area (Å²) in [6.45, 7) is 4.78. The highest BCUT2D eigenvalue weighted by Crippen LogP contribution is 2.53. The summed E-state index contributed by atoms with van der Waals surface area (Å²) in [5, 5.41) is 12.5. The van der Waals surface area contributed by atoms with Crippen LogP contribution in [0, 0.1) is 0 Å². The lowest BCUT2D eigenvalue weighted by atomic mass is 9.81. The summed E-state index contributed by atoms with van der Waals surface area (Å²) in [5.74, 6) is 0. The minimum Gasteiger partial charge on any atom is -0.309 e. The van der Waals surface area contributed by atoms with E-state index in [2.05, 4.69) is 207 Å². The molecule has 10 aromatic carbocycles. The van der Waals surface area contributed by atoms with Crippen molar-refractivity contribution in [1.29, 1.82) is 0 Å². The van der Waals surface area contributed by atoms with Crippen molar-refractivity contribution < 1.29 is 0 Å². The molecule has 1 aliphatic rings. The molecule has 0 spiro atoms. The first-order valence-corrected chi connectivity index (χ1v) is 18.9. The van der Waals surface area contributed by atoms with Crippen LogP contribution in [-0.4, -0.2) is 0 Å². The number of hydrogen-bond donors (Lipinski definition) is 0. The van der Waals surface area contributed by atoms with Crippen molar-refractivity contribution in [2.45, 2.75) is 19.3 Å². The summed E-state index contributed by atoms with van der Waals surface area (Å²) in [5.41, 5.74) is 11.1. The molecule has 0 aliphatic heterocycles. The van der Waals surface area contributed by atoms with Gasteiger partial charge in [0.2, 0.25) is 0 Å². The van der Waals surface area contributed by atoms with Crippen LogP contribution in [0.3, 0.4) is 0 Å². The molecule has 1 nitrogen and oxygen atoms in total. The van der Waals surface area contributed by atoms with Gasteiger partial charge in [-0.05, 0) is 119 Å². The Morgan fingerprint density at radius 1 is 0.352 bits per heavy atom. The molecule has 0 atom stereocenters. The van der Waals surface area contributed by atoms with Gasteiger partial charge in [-0.15, -0.1) is 0 Å². The first-order chi connectivity index (χ1) is 26.5. The molecule has 11 rings (SSSR count). The number of anilines is 3.